The summed E-state index contributed by atoms with van der Waals surface area (Å²) in [7, 11) is 0. The van der Waals surface area contributed by atoms with E-state index in [9.17, 15) is 0 Å². The molecule has 0 saturated heterocycles. The van der Waals surface area contributed by atoms with E-state index >= 15 is 0 Å². The summed E-state index contributed by atoms with van der Waals surface area (Å²) in [6.45, 7) is 4.93. The molecule has 0 spiro atoms. The van der Waals surface area contributed by atoms with Crippen molar-refractivity contribution in [3.05, 3.63) is 44.3 Å². The van der Waals surface area contributed by atoms with Gasteiger partial charge in [-0.3, -0.25) is 0 Å². The SMILES string of the molecule is CCC(NCc1nnc(C)s1)c1ccccc1Br. The van der Waals surface area contributed by atoms with Gasteiger partial charge in [0.1, 0.15) is 10.0 Å². The number of aromatic nitrogens is 2. The van der Waals surface area contributed by atoms with Gasteiger partial charge in [-0.2, -0.15) is 0 Å². The average molecular weight is 326 g/mol. The van der Waals surface area contributed by atoms with Gasteiger partial charge in [0.05, 0.1) is 6.54 Å². The molecule has 0 radical (unpaired) electrons. The Morgan fingerprint density at radius 1 is 1.33 bits per heavy atom. The molecule has 5 heteroatoms. The summed E-state index contributed by atoms with van der Waals surface area (Å²) < 4.78 is 1.15. The van der Waals surface area contributed by atoms with Crippen molar-refractivity contribution in [2.75, 3.05) is 0 Å². The zero-order valence-corrected chi connectivity index (χ0v) is 12.9. The number of nitrogens with one attached hydrogen (secondary N) is 1. The molecule has 1 unspecified atom stereocenters. The molecule has 1 heterocycles. The maximum Gasteiger partial charge on any atom is 0.131 e. The van der Waals surface area contributed by atoms with E-state index < -0.39 is 0 Å². The summed E-state index contributed by atoms with van der Waals surface area (Å²) in [6, 6.07) is 8.67. The molecule has 1 N–H and O–H groups in total. The van der Waals surface area contributed by atoms with Crippen molar-refractivity contribution in [2.45, 2.75) is 32.9 Å². The zero-order chi connectivity index (χ0) is 13.0. The minimum Gasteiger partial charge on any atom is -0.303 e. The lowest BCUT2D eigenvalue weighted by Gasteiger charge is -2.17. The van der Waals surface area contributed by atoms with Gasteiger partial charge in [-0.25, -0.2) is 0 Å². The van der Waals surface area contributed by atoms with Crippen LogP contribution in [0.1, 0.15) is 35.0 Å². The lowest BCUT2D eigenvalue weighted by Crippen LogP contribution is -2.20. The fraction of sp³-hybridized carbons (Fsp3) is 0.385. The molecule has 0 saturated carbocycles. The highest BCUT2D eigenvalue weighted by Crippen LogP contribution is 2.25. The van der Waals surface area contributed by atoms with E-state index in [2.05, 4.69) is 56.6 Å². The molecule has 0 aliphatic carbocycles. The Labute approximate surface area is 120 Å². The van der Waals surface area contributed by atoms with Crippen LogP contribution < -0.4 is 5.32 Å². The molecule has 1 aromatic carbocycles. The molecule has 0 aliphatic heterocycles. The molecule has 3 nitrogen and oxygen atoms in total. The van der Waals surface area contributed by atoms with E-state index in [1.807, 2.05) is 13.0 Å². The van der Waals surface area contributed by atoms with Crippen molar-refractivity contribution in [1.82, 2.24) is 15.5 Å². The highest BCUT2D eigenvalue weighted by Gasteiger charge is 2.12. The van der Waals surface area contributed by atoms with Gasteiger partial charge in [-0.15, -0.1) is 21.5 Å². The van der Waals surface area contributed by atoms with E-state index in [0.29, 0.717) is 6.04 Å². The topological polar surface area (TPSA) is 37.8 Å². The Morgan fingerprint density at radius 2 is 2.11 bits per heavy atom. The normalized spacial score (nSPS) is 12.6. The quantitative estimate of drug-likeness (QED) is 0.907. The third-order valence-corrected chi connectivity index (χ3v) is 4.32. The molecular weight excluding hydrogens is 310 g/mol. The van der Waals surface area contributed by atoms with E-state index in [4.69, 9.17) is 0 Å². The molecule has 2 aromatic rings. The second-order valence-corrected chi connectivity index (χ2v) is 6.20. The minimum atomic E-state index is 0.338. The summed E-state index contributed by atoms with van der Waals surface area (Å²) >= 11 is 5.25. The van der Waals surface area contributed by atoms with Crippen molar-refractivity contribution < 1.29 is 0 Å². The Balaban J connectivity index is 2.04. The second kappa shape index (κ2) is 6.41. The molecule has 1 aromatic heterocycles. The first kappa shape index (κ1) is 13.6. The summed E-state index contributed by atoms with van der Waals surface area (Å²) in [4.78, 5) is 0. The number of benzene rings is 1. The van der Waals surface area contributed by atoms with Crippen molar-refractivity contribution in [3.8, 4) is 0 Å². The van der Waals surface area contributed by atoms with Crippen LogP contribution in [-0.2, 0) is 6.54 Å². The van der Waals surface area contributed by atoms with Crippen molar-refractivity contribution in [1.29, 1.82) is 0 Å². The van der Waals surface area contributed by atoms with Crippen LogP contribution in [0.25, 0.3) is 0 Å². The molecule has 96 valence electrons. The van der Waals surface area contributed by atoms with Crippen LogP contribution in [0, 0.1) is 6.92 Å². The van der Waals surface area contributed by atoms with Crippen LogP contribution in [0.3, 0.4) is 0 Å². The van der Waals surface area contributed by atoms with Crippen LogP contribution in [0.5, 0.6) is 0 Å². The standard InChI is InChI=1S/C13H16BrN3S/c1-3-12(10-6-4-5-7-11(10)14)15-8-13-17-16-9(2)18-13/h4-7,12,15H,3,8H2,1-2H3. The van der Waals surface area contributed by atoms with Gasteiger partial charge in [0.15, 0.2) is 0 Å². The maximum atomic E-state index is 4.13. The molecular formula is C13H16BrN3S. The molecule has 0 bridgehead atoms. The van der Waals surface area contributed by atoms with Crippen molar-refractivity contribution >= 4 is 27.3 Å². The van der Waals surface area contributed by atoms with Gasteiger partial charge >= 0.3 is 0 Å². The fourth-order valence-electron chi connectivity index (χ4n) is 1.85. The minimum absolute atomic E-state index is 0.338. The Bertz CT molecular complexity index is 512. The lowest BCUT2D eigenvalue weighted by atomic mass is 10.0. The molecule has 2 rings (SSSR count). The first-order chi connectivity index (χ1) is 8.70. The largest absolute Gasteiger partial charge is 0.303 e. The molecule has 18 heavy (non-hydrogen) atoms. The predicted molar refractivity (Wildman–Crippen MR) is 78.7 cm³/mol. The molecule has 0 aliphatic rings. The van der Waals surface area contributed by atoms with Gasteiger partial charge in [0, 0.05) is 10.5 Å². The van der Waals surface area contributed by atoms with Gasteiger partial charge in [-0.05, 0) is 25.0 Å². The Kier molecular flexibility index (Phi) is 4.86. The number of halogens is 1. The monoisotopic (exact) mass is 325 g/mol. The molecule has 0 amide bonds. The number of rotatable bonds is 5. The van der Waals surface area contributed by atoms with Gasteiger partial charge < -0.3 is 5.32 Å². The summed E-state index contributed by atoms with van der Waals surface area (Å²) in [5, 5.41) is 13.8. The predicted octanol–water partition coefficient (Wildman–Crippen LogP) is 3.85. The second-order valence-electron chi connectivity index (χ2n) is 4.08. The Hall–Kier alpha value is -0.780. The number of hydrogen-bond donors (Lipinski definition) is 1. The number of hydrogen-bond acceptors (Lipinski definition) is 4. The Morgan fingerprint density at radius 3 is 2.72 bits per heavy atom. The lowest BCUT2D eigenvalue weighted by molar-refractivity contribution is 0.515. The van der Waals surface area contributed by atoms with E-state index in [1.54, 1.807) is 11.3 Å². The highest BCUT2D eigenvalue weighted by atomic mass is 79.9. The first-order valence-electron chi connectivity index (χ1n) is 5.97. The van der Waals surface area contributed by atoms with Crippen molar-refractivity contribution in [2.24, 2.45) is 0 Å². The van der Waals surface area contributed by atoms with Crippen LogP contribution in [0.4, 0.5) is 0 Å². The summed E-state index contributed by atoms with van der Waals surface area (Å²) in [6.07, 6.45) is 1.04. The van der Waals surface area contributed by atoms with E-state index in [0.717, 1.165) is 27.5 Å². The zero-order valence-electron chi connectivity index (χ0n) is 10.5. The third kappa shape index (κ3) is 3.37. The van der Waals surface area contributed by atoms with Gasteiger partial charge in [-0.1, -0.05) is 41.1 Å². The number of aryl methyl sites for hydroxylation is 1. The van der Waals surface area contributed by atoms with Crippen LogP contribution in [0.15, 0.2) is 28.7 Å². The molecule has 1 atom stereocenters. The molecule has 0 fully saturated rings. The van der Waals surface area contributed by atoms with Crippen molar-refractivity contribution in [3.63, 3.8) is 0 Å². The van der Waals surface area contributed by atoms with Crippen LogP contribution in [0.2, 0.25) is 0 Å². The summed E-state index contributed by atoms with van der Waals surface area (Å²) in [5.41, 5.74) is 1.29. The smallest absolute Gasteiger partial charge is 0.131 e. The average Bonchev–Trinajstić information content (AvgIpc) is 2.78. The van der Waals surface area contributed by atoms with E-state index in [1.165, 1.54) is 5.56 Å². The van der Waals surface area contributed by atoms with Crippen LogP contribution >= 0.6 is 27.3 Å². The fourth-order valence-corrected chi connectivity index (χ4v) is 3.07. The van der Waals surface area contributed by atoms with Gasteiger partial charge in [0.2, 0.25) is 0 Å². The summed E-state index contributed by atoms with van der Waals surface area (Å²) in [5.74, 6) is 0. The maximum absolute atomic E-state index is 4.13. The first-order valence-corrected chi connectivity index (χ1v) is 7.58. The highest BCUT2D eigenvalue weighted by molar-refractivity contribution is 9.10. The third-order valence-electron chi connectivity index (χ3n) is 2.76. The number of nitrogens with zero attached hydrogens (tertiary/aromatic N) is 2. The van der Waals surface area contributed by atoms with Crippen LogP contribution in [-0.4, -0.2) is 10.2 Å². The van der Waals surface area contributed by atoms with E-state index in [-0.39, 0.29) is 0 Å². The van der Waals surface area contributed by atoms with Gasteiger partial charge in [0.25, 0.3) is 0 Å².